The van der Waals surface area contributed by atoms with E-state index in [0.29, 0.717) is 17.0 Å². The van der Waals surface area contributed by atoms with Gasteiger partial charge in [-0.05, 0) is 53.5 Å². The second-order valence-electron chi connectivity index (χ2n) is 6.67. The highest BCUT2D eigenvalue weighted by molar-refractivity contribution is 6.31. The summed E-state index contributed by atoms with van der Waals surface area (Å²) < 4.78 is 38.7. The highest BCUT2D eigenvalue weighted by Gasteiger charge is 2.30. The Labute approximate surface area is 182 Å². The fraction of sp³-hybridized carbons (Fsp3) is 0.0833. The molecule has 0 aromatic heterocycles. The number of anilines is 1. The number of carbonyl (C=O) groups is 1. The lowest BCUT2D eigenvalue weighted by Gasteiger charge is -2.10. The number of alkyl halides is 3. The van der Waals surface area contributed by atoms with E-state index < -0.39 is 17.6 Å². The number of nitriles is 1. The zero-order valence-electron chi connectivity index (χ0n) is 16.1. The van der Waals surface area contributed by atoms with E-state index in [1.807, 2.05) is 36.4 Å². The Morgan fingerprint density at radius 1 is 1.00 bits per heavy atom. The van der Waals surface area contributed by atoms with E-state index in [0.717, 1.165) is 23.3 Å². The van der Waals surface area contributed by atoms with E-state index in [4.69, 9.17) is 11.6 Å². The highest BCUT2D eigenvalue weighted by atomic mass is 35.5. The Morgan fingerprint density at radius 2 is 1.68 bits per heavy atom. The molecular weight excluding hydrogens is 425 g/mol. The number of hydrogen-bond acceptors (Lipinski definition) is 2. The van der Waals surface area contributed by atoms with Crippen molar-refractivity contribution in [2.24, 2.45) is 0 Å². The van der Waals surface area contributed by atoms with Gasteiger partial charge in [0, 0.05) is 10.7 Å². The van der Waals surface area contributed by atoms with Crippen molar-refractivity contribution in [1.29, 1.82) is 5.26 Å². The SMILES string of the molecule is N#C/C(=C\c1ccccc1Cc1ccccc1Cl)C(=O)Nc1cccc(C(F)(F)F)c1. The number of halogens is 4. The molecule has 0 aliphatic carbocycles. The van der Waals surface area contributed by atoms with Crippen LogP contribution in [-0.4, -0.2) is 5.91 Å². The van der Waals surface area contributed by atoms with Gasteiger partial charge in [-0.2, -0.15) is 18.4 Å². The van der Waals surface area contributed by atoms with E-state index in [1.165, 1.54) is 18.2 Å². The number of amides is 1. The molecule has 3 rings (SSSR count). The lowest BCUT2D eigenvalue weighted by atomic mass is 9.98. The van der Waals surface area contributed by atoms with Crippen LogP contribution in [0.25, 0.3) is 6.08 Å². The molecule has 1 amide bonds. The summed E-state index contributed by atoms with van der Waals surface area (Å²) in [5.74, 6) is -0.797. The van der Waals surface area contributed by atoms with Crippen molar-refractivity contribution in [3.05, 3.63) is 106 Å². The fourth-order valence-electron chi connectivity index (χ4n) is 2.96. The smallest absolute Gasteiger partial charge is 0.321 e. The molecule has 3 aromatic rings. The minimum absolute atomic E-state index is 0.0506. The first-order valence-corrected chi connectivity index (χ1v) is 9.57. The minimum atomic E-state index is -4.54. The zero-order chi connectivity index (χ0) is 22.4. The molecule has 0 radical (unpaired) electrons. The summed E-state index contributed by atoms with van der Waals surface area (Å²) >= 11 is 6.23. The third-order valence-corrected chi connectivity index (χ3v) is 4.88. The summed E-state index contributed by atoms with van der Waals surface area (Å²) in [7, 11) is 0. The number of benzene rings is 3. The minimum Gasteiger partial charge on any atom is -0.321 e. The molecule has 0 saturated carbocycles. The maximum absolute atomic E-state index is 12.9. The summed E-state index contributed by atoms with van der Waals surface area (Å²) in [5.41, 5.74) is 1.19. The Balaban J connectivity index is 1.86. The van der Waals surface area contributed by atoms with Gasteiger partial charge in [0.15, 0.2) is 0 Å². The first-order chi connectivity index (χ1) is 14.8. The summed E-state index contributed by atoms with van der Waals surface area (Å²) in [6, 6.07) is 20.6. The average Bonchev–Trinajstić information content (AvgIpc) is 2.74. The maximum atomic E-state index is 12.9. The molecular formula is C24H16ClF3N2O. The van der Waals surface area contributed by atoms with Gasteiger partial charge in [0.1, 0.15) is 11.6 Å². The van der Waals surface area contributed by atoms with Crippen LogP contribution in [0.1, 0.15) is 22.3 Å². The Kier molecular flexibility index (Phi) is 6.78. The maximum Gasteiger partial charge on any atom is 0.416 e. The second-order valence-corrected chi connectivity index (χ2v) is 7.08. The van der Waals surface area contributed by atoms with Gasteiger partial charge >= 0.3 is 6.18 Å². The van der Waals surface area contributed by atoms with Gasteiger partial charge in [-0.25, -0.2) is 0 Å². The monoisotopic (exact) mass is 440 g/mol. The Bertz CT molecular complexity index is 1180. The molecule has 0 spiro atoms. The van der Waals surface area contributed by atoms with Crippen molar-refractivity contribution in [2.75, 3.05) is 5.32 Å². The van der Waals surface area contributed by atoms with Crippen LogP contribution in [0.15, 0.2) is 78.4 Å². The van der Waals surface area contributed by atoms with Crippen LogP contribution < -0.4 is 5.32 Å². The van der Waals surface area contributed by atoms with Crippen LogP contribution in [0.3, 0.4) is 0 Å². The molecule has 31 heavy (non-hydrogen) atoms. The fourth-order valence-corrected chi connectivity index (χ4v) is 3.16. The van der Waals surface area contributed by atoms with Gasteiger partial charge in [0.05, 0.1) is 5.56 Å². The molecule has 0 heterocycles. The average molecular weight is 441 g/mol. The van der Waals surface area contributed by atoms with Crippen molar-refractivity contribution in [3.63, 3.8) is 0 Å². The number of hydrogen-bond donors (Lipinski definition) is 1. The van der Waals surface area contributed by atoms with Crippen LogP contribution in [0.4, 0.5) is 18.9 Å². The molecule has 0 atom stereocenters. The largest absolute Gasteiger partial charge is 0.416 e. The van der Waals surface area contributed by atoms with Gasteiger partial charge < -0.3 is 5.32 Å². The molecule has 3 aromatic carbocycles. The van der Waals surface area contributed by atoms with Crippen molar-refractivity contribution in [2.45, 2.75) is 12.6 Å². The molecule has 0 bridgehead atoms. The number of nitrogens with one attached hydrogen (secondary N) is 1. The van der Waals surface area contributed by atoms with E-state index in [9.17, 15) is 23.2 Å². The summed E-state index contributed by atoms with van der Waals surface area (Å²) in [6.45, 7) is 0. The number of rotatable bonds is 5. The van der Waals surface area contributed by atoms with Gasteiger partial charge in [0.2, 0.25) is 0 Å². The van der Waals surface area contributed by atoms with Crippen molar-refractivity contribution in [1.82, 2.24) is 0 Å². The van der Waals surface area contributed by atoms with Crippen molar-refractivity contribution in [3.8, 4) is 6.07 Å². The normalized spacial score (nSPS) is 11.6. The zero-order valence-corrected chi connectivity index (χ0v) is 16.8. The molecule has 0 fully saturated rings. The van der Waals surface area contributed by atoms with Crippen LogP contribution in [0.5, 0.6) is 0 Å². The predicted octanol–water partition coefficient (Wildman–Crippen LogP) is 6.50. The molecule has 156 valence electrons. The summed E-state index contributed by atoms with van der Waals surface area (Å²) in [4.78, 5) is 12.5. The molecule has 0 unspecified atom stereocenters. The first kappa shape index (κ1) is 22.1. The lowest BCUT2D eigenvalue weighted by Crippen LogP contribution is -2.14. The van der Waals surface area contributed by atoms with Crippen molar-refractivity contribution >= 4 is 29.3 Å². The lowest BCUT2D eigenvalue weighted by molar-refractivity contribution is -0.137. The van der Waals surface area contributed by atoms with E-state index in [-0.39, 0.29) is 11.3 Å². The van der Waals surface area contributed by atoms with E-state index in [2.05, 4.69) is 5.32 Å². The van der Waals surface area contributed by atoms with Crippen LogP contribution >= 0.6 is 11.6 Å². The van der Waals surface area contributed by atoms with Crippen molar-refractivity contribution < 1.29 is 18.0 Å². The third kappa shape index (κ3) is 5.74. The van der Waals surface area contributed by atoms with Crippen LogP contribution in [-0.2, 0) is 17.4 Å². The summed E-state index contributed by atoms with van der Waals surface area (Å²) in [6.07, 6.45) is -2.64. The third-order valence-electron chi connectivity index (χ3n) is 4.51. The van der Waals surface area contributed by atoms with Gasteiger partial charge in [-0.15, -0.1) is 0 Å². The van der Waals surface area contributed by atoms with Gasteiger partial charge in [0.25, 0.3) is 5.91 Å². The molecule has 3 nitrogen and oxygen atoms in total. The molecule has 1 N–H and O–H groups in total. The van der Waals surface area contributed by atoms with Crippen LogP contribution in [0, 0.1) is 11.3 Å². The standard InChI is InChI=1S/C24H16ClF3N2O/c25-22-11-4-3-8-18(22)12-16-6-1-2-7-17(16)13-19(15-29)23(31)30-21-10-5-9-20(14-21)24(26,27)28/h1-11,13-14H,12H2,(H,30,31)/b19-13+. The highest BCUT2D eigenvalue weighted by Crippen LogP contribution is 2.31. The second kappa shape index (κ2) is 9.50. The number of nitrogens with zero attached hydrogens (tertiary/aromatic N) is 1. The molecule has 0 aliphatic rings. The molecule has 0 saturated heterocycles. The van der Waals surface area contributed by atoms with E-state index >= 15 is 0 Å². The Morgan fingerprint density at radius 3 is 2.35 bits per heavy atom. The first-order valence-electron chi connectivity index (χ1n) is 9.19. The molecule has 7 heteroatoms. The summed E-state index contributed by atoms with van der Waals surface area (Å²) in [5, 5.41) is 12.4. The van der Waals surface area contributed by atoms with E-state index in [1.54, 1.807) is 18.2 Å². The number of carbonyl (C=O) groups excluding carboxylic acids is 1. The van der Waals surface area contributed by atoms with Crippen LogP contribution in [0.2, 0.25) is 5.02 Å². The molecule has 0 aliphatic heterocycles. The topological polar surface area (TPSA) is 52.9 Å². The Hall–Kier alpha value is -3.56. The quantitative estimate of drug-likeness (QED) is 0.364. The van der Waals surface area contributed by atoms with Gasteiger partial charge in [-0.1, -0.05) is 60.1 Å². The van der Waals surface area contributed by atoms with Gasteiger partial charge in [-0.3, -0.25) is 4.79 Å². The predicted molar refractivity (Wildman–Crippen MR) is 114 cm³/mol.